The topological polar surface area (TPSA) is 0 Å². The summed E-state index contributed by atoms with van der Waals surface area (Å²) in [6, 6.07) is 0. The molecule has 0 spiro atoms. The van der Waals surface area contributed by atoms with E-state index in [0.29, 0.717) is 0 Å². The molecule has 0 saturated carbocycles. The minimum absolute atomic E-state index is 0.780. The fraction of sp³-hybridized carbons (Fsp3) is 0.500. The van der Waals surface area contributed by atoms with Gasteiger partial charge in [0.15, 0.2) is 0 Å². The second-order valence-corrected chi connectivity index (χ2v) is 2.23. The third kappa shape index (κ3) is 7.77. The molecular weight excluding hydrogens is 132 g/mol. The average Bonchev–Trinajstić information content (AvgIpc) is 1.89. The second-order valence-electron chi connectivity index (χ2n) is 1.85. The first kappa shape index (κ1) is 8.77. The molecule has 0 aliphatic rings. The van der Waals surface area contributed by atoms with Crippen LogP contribution in [0.3, 0.4) is 0 Å². The zero-order chi connectivity index (χ0) is 6.95. The van der Waals surface area contributed by atoms with Crippen LogP contribution in [0.2, 0.25) is 0 Å². The molecule has 0 aromatic rings. The number of hydrogen-bond acceptors (Lipinski definition) is 0. The van der Waals surface area contributed by atoms with Crippen LogP contribution in [0.4, 0.5) is 0 Å². The van der Waals surface area contributed by atoms with E-state index < -0.39 is 0 Å². The van der Waals surface area contributed by atoms with Gasteiger partial charge in [0, 0.05) is 5.88 Å². The quantitative estimate of drug-likeness (QED) is 0.316. The Morgan fingerprint density at radius 2 is 2.11 bits per heavy atom. The van der Waals surface area contributed by atoms with Crippen LogP contribution in [0.15, 0.2) is 24.8 Å². The summed E-state index contributed by atoms with van der Waals surface area (Å²) in [6.07, 6.45) is 9.30. The monoisotopic (exact) mass is 144 g/mol. The number of alkyl halides is 1. The minimum atomic E-state index is 0.780. The van der Waals surface area contributed by atoms with Crippen molar-refractivity contribution in [2.24, 2.45) is 0 Å². The Bertz CT molecular complexity index is 84.6. The predicted molar refractivity (Wildman–Crippen MR) is 43.9 cm³/mol. The predicted octanol–water partition coefficient (Wildman–Crippen LogP) is 3.14. The van der Waals surface area contributed by atoms with Crippen LogP contribution < -0.4 is 0 Å². The maximum Gasteiger partial charge on any atom is 0.0223 e. The lowest BCUT2D eigenvalue weighted by molar-refractivity contribution is 0.820. The van der Waals surface area contributed by atoms with Gasteiger partial charge in [-0.2, -0.15) is 0 Å². The van der Waals surface area contributed by atoms with Crippen molar-refractivity contribution in [1.29, 1.82) is 0 Å². The molecule has 0 aliphatic carbocycles. The van der Waals surface area contributed by atoms with E-state index in [4.69, 9.17) is 11.6 Å². The van der Waals surface area contributed by atoms with Crippen LogP contribution >= 0.6 is 11.6 Å². The third-order valence-electron chi connectivity index (χ3n) is 1.03. The van der Waals surface area contributed by atoms with E-state index >= 15 is 0 Å². The summed E-state index contributed by atoms with van der Waals surface area (Å²) < 4.78 is 0. The number of allylic oxidation sites excluding steroid dienone is 3. The number of halogens is 1. The highest BCUT2D eigenvalue weighted by Gasteiger charge is 1.80. The molecule has 0 radical (unpaired) electrons. The summed E-state index contributed by atoms with van der Waals surface area (Å²) in [5.74, 6) is 0.780. The highest BCUT2D eigenvalue weighted by molar-refractivity contribution is 6.17. The summed E-state index contributed by atoms with van der Waals surface area (Å²) in [5.41, 5.74) is 0. The molecule has 1 heteroatoms. The van der Waals surface area contributed by atoms with E-state index in [0.717, 1.165) is 18.7 Å². The van der Waals surface area contributed by atoms with Gasteiger partial charge in [-0.25, -0.2) is 0 Å². The molecule has 0 heterocycles. The summed E-state index contributed by atoms with van der Waals surface area (Å²) in [4.78, 5) is 0. The van der Waals surface area contributed by atoms with Crippen LogP contribution in [0.1, 0.15) is 19.3 Å². The summed E-state index contributed by atoms with van der Waals surface area (Å²) in [5, 5.41) is 0. The third-order valence-corrected chi connectivity index (χ3v) is 1.29. The zero-order valence-electron chi connectivity index (χ0n) is 5.65. The lowest BCUT2D eigenvalue weighted by Crippen LogP contribution is -1.72. The molecule has 0 bridgehead atoms. The molecule has 0 aromatic heterocycles. The maximum atomic E-state index is 5.47. The van der Waals surface area contributed by atoms with Crippen LogP contribution in [0.5, 0.6) is 0 Å². The molecule has 0 rings (SSSR count). The standard InChI is InChI=1S/C8H13Cl/c1-2-3-4-5-6-7-8-9/h2-4H,1,5-8H2/b4-3+. The molecule has 0 saturated heterocycles. The summed E-state index contributed by atoms with van der Waals surface area (Å²) >= 11 is 5.47. The molecule has 0 fully saturated rings. The number of rotatable bonds is 5. The van der Waals surface area contributed by atoms with Gasteiger partial charge in [-0.1, -0.05) is 24.8 Å². The minimum Gasteiger partial charge on any atom is -0.127 e. The van der Waals surface area contributed by atoms with Crippen molar-refractivity contribution in [2.45, 2.75) is 19.3 Å². The van der Waals surface area contributed by atoms with Crippen molar-refractivity contribution in [3.63, 3.8) is 0 Å². The van der Waals surface area contributed by atoms with E-state index in [1.54, 1.807) is 6.08 Å². The molecule has 0 aromatic carbocycles. The van der Waals surface area contributed by atoms with Gasteiger partial charge in [-0.15, -0.1) is 11.6 Å². The first-order chi connectivity index (χ1) is 4.41. The SMILES string of the molecule is C=C/C=C/CCCCCl. The first-order valence-electron chi connectivity index (χ1n) is 3.25. The van der Waals surface area contributed by atoms with Gasteiger partial charge in [-0.05, 0) is 19.3 Å². The first-order valence-corrected chi connectivity index (χ1v) is 3.78. The zero-order valence-corrected chi connectivity index (χ0v) is 6.40. The van der Waals surface area contributed by atoms with Gasteiger partial charge in [0.05, 0.1) is 0 Å². The normalized spacial score (nSPS) is 10.3. The molecule has 0 amide bonds. The van der Waals surface area contributed by atoms with Gasteiger partial charge in [0.2, 0.25) is 0 Å². The number of hydrogen-bond donors (Lipinski definition) is 0. The molecule has 9 heavy (non-hydrogen) atoms. The van der Waals surface area contributed by atoms with Gasteiger partial charge >= 0.3 is 0 Å². The highest BCUT2D eigenvalue weighted by Crippen LogP contribution is 1.97. The van der Waals surface area contributed by atoms with Crippen molar-refractivity contribution in [3.05, 3.63) is 24.8 Å². The average molecular weight is 145 g/mol. The molecule has 0 nitrogen and oxygen atoms in total. The van der Waals surface area contributed by atoms with Crippen LogP contribution in [-0.2, 0) is 0 Å². The van der Waals surface area contributed by atoms with E-state index in [1.165, 1.54) is 6.42 Å². The number of unbranched alkanes of at least 4 members (excludes halogenated alkanes) is 2. The lowest BCUT2D eigenvalue weighted by Gasteiger charge is -1.88. The van der Waals surface area contributed by atoms with E-state index in [1.807, 2.05) is 6.08 Å². The smallest absolute Gasteiger partial charge is 0.0223 e. The van der Waals surface area contributed by atoms with E-state index in [9.17, 15) is 0 Å². The van der Waals surface area contributed by atoms with Crippen molar-refractivity contribution in [3.8, 4) is 0 Å². The van der Waals surface area contributed by atoms with Gasteiger partial charge in [0.1, 0.15) is 0 Å². The largest absolute Gasteiger partial charge is 0.127 e. The summed E-state index contributed by atoms with van der Waals surface area (Å²) in [7, 11) is 0. The Balaban J connectivity index is 2.90. The van der Waals surface area contributed by atoms with E-state index in [2.05, 4.69) is 12.7 Å². The highest BCUT2D eigenvalue weighted by atomic mass is 35.5. The second kappa shape index (κ2) is 7.77. The maximum absolute atomic E-state index is 5.47. The van der Waals surface area contributed by atoms with Crippen LogP contribution in [-0.4, -0.2) is 5.88 Å². The van der Waals surface area contributed by atoms with Crippen molar-refractivity contribution in [2.75, 3.05) is 5.88 Å². The molecule has 0 aliphatic heterocycles. The Labute approximate surface area is 62.2 Å². The van der Waals surface area contributed by atoms with Crippen molar-refractivity contribution < 1.29 is 0 Å². The molecule has 0 atom stereocenters. The Hall–Kier alpha value is -0.230. The van der Waals surface area contributed by atoms with E-state index in [-0.39, 0.29) is 0 Å². The Morgan fingerprint density at radius 1 is 1.33 bits per heavy atom. The van der Waals surface area contributed by atoms with Crippen LogP contribution in [0, 0.1) is 0 Å². The van der Waals surface area contributed by atoms with Gasteiger partial charge in [0.25, 0.3) is 0 Å². The molecule has 52 valence electrons. The molecule has 0 unspecified atom stereocenters. The Morgan fingerprint density at radius 3 is 2.67 bits per heavy atom. The van der Waals surface area contributed by atoms with Crippen molar-refractivity contribution >= 4 is 11.6 Å². The van der Waals surface area contributed by atoms with Crippen LogP contribution in [0.25, 0.3) is 0 Å². The summed E-state index contributed by atoms with van der Waals surface area (Å²) in [6.45, 7) is 3.57. The fourth-order valence-corrected chi connectivity index (χ4v) is 0.738. The lowest BCUT2D eigenvalue weighted by atomic mass is 10.2. The fourth-order valence-electron chi connectivity index (χ4n) is 0.549. The van der Waals surface area contributed by atoms with Gasteiger partial charge in [-0.3, -0.25) is 0 Å². The van der Waals surface area contributed by atoms with Gasteiger partial charge < -0.3 is 0 Å². The Kier molecular flexibility index (Phi) is 7.57. The van der Waals surface area contributed by atoms with Crippen molar-refractivity contribution in [1.82, 2.24) is 0 Å². The molecule has 0 N–H and O–H groups in total. The molecular formula is C8H13Cl.